The molecule has 1 aromatic carbocycles. The van der Waals surface area contributed by atoms with E-state index in [2.05, 4.69) is 10.4 Å². The molecule has 7 heteroatoms. The fourth-order valence-electron chi connectivity index (χ4n) is 1.82. The second-order valence-corrected chi connectivity index (χ2v) is 4.87. The number of aryl methyl sites for hydroxylation is 2. The topological polar surface area (TPSA) is 55.9 Å². The molecule has 0 aliphatic rings. The molecule has 0 aliphatic heterocycles. The summed E-state index contributed by atoms with van der Waals surface area (Å²) in [6.07, 6.45) is 0. The maximum absolute atomic E-state index is 13.9. The van der Waals surface area contributed by atoms with Gasteiger partial charge in [0.15, 0.2) is 5.82 Å². The average molecular weight is 299 g/mol. The van der Waals surface area contributed by atoms with Gasteiger partial charge in [-0.15, -0.1) is 0 Å². The number of aromatic nitrogens is 2. The van der Waals surface area contributed by atoms with Gasteiger partial charge in [0.05, 0.1) is 22.0 Å². The molecule has 100 valence electrons. The van der Waals surface area contributed by atoms with Crippen LogP contribution in [0.4, 0.5) is 15.9 Å². The summed E-state index contributed by atoms with van der Waals surface area (Å²) in [5.41, 5.74) is 7.19. The molecule has 0 saturated heterocycles. The van der Waals surface area contributed by atoms with Gasteiger partial charge in [-0.25, -0.2) is 4.39 Å². The van der Waals surface area contributed by atoms with Crippen LogP contribution in [-0.2, 0) is 7.05 Å². The molecule has 19 heavy (non-hydrogen) atoms. The molecule has 0 aliphatic carbocycles. The summed E-state index contributed by atoms with van der Waals surface area (Å²) in [6.45, 7) is 1.79. The molecule has 2 rings (SSSR count). The van der Waals surface area contributed by atoms with Crippen LogP contribution < -0.4 is 11.1 Å². The lowest BCUT2D eigenvalue weighted by Crippen LogP contribution is -2.13. The third kappa shape index (κ3) is 2.54. The number of hydrogen-bond donors (Lipinski definition) is 2. The SMILES string of the molecule is Cc1nn(C)c(Nc2cccc(Cl)c2F)c1C(N)=S. The number of halogens is 2. The molecule has 1 aromatic heterocycles. The van der Waals surface area contributed by atoms with Gasteiger partial charge in [-0.1, -0.05) is 29.9 Å². The van der Waals surface area contributed by atoms with E-state index in [1.807, 2.05) is 0 Å². The lowest BCUT2D eigenvalue weighted by molar-refractivity contribution is 0.631. The second kappa shape index (κ2) is 5.14. The number of benzene rings is 1. The van der Waals surface area contributed by atoms with Crippen molar-refractivity contribution in [2.75, 3.05) is 5.32 Å². The largest absolute Gasteiger partial charge is 0.389 e. The Kier molecular flexibility index (Phi) is 3.73. The van der Waals surface area contributed by atoms with Crippen LogP contribution in [0.2, 0.25) is 5.02 Å². The van der Waals surface area contributed by atoms with Crippen LogP contribution in [0.1, 0.15) is 11.3 Å². The van der Waals surface area contributed by atoms with Crippen molar-refractivity contribution < 1.29 is 4.39 Å². The molecular formula is C12H12ClFN4S. The highest BCUT2D eigenvalue weighted by atomic mass is 35.5. The summed E-state index contributed by atoms with van der Waals surface area (Å²) in [5, 5.41) is 7.18. The third-order valence-corrected chi connectivity index (χ3v) is 3.17. The van der Waals surface area contributed by atoms with Gasteiger partial charge < -0.3 is 11.1 Å². The zero-order valence-corrected chi connectivity index (χ0v) is 11.9. The fraction of sp³-hybridized carbons (Fsp3) is 0.167. The molecule has 3 N–H and O–H groups in total. The highest BCUT2D eigenvalue weighted by molar-refractivity contribution is 7.80. The van der Waals surface area contributed by atoms with Gasteiger partial charge in [0, 0.05) is 7.05 Å². The van der Waals surface area contributed by atoms with E-state index in [1.165, 1.54) is 6.07 Å². The van der Waals surface area contributed by atoms with Gasteiger partial charge in [-0.05, 0) is 19.1 Å². The van der Waals surface area contributed by atoms with Crippen molar-refractivity contribution >= 4 is 40.3 Å². The molecule has 0 spiro atoms. The lowest BCUT2D eigenvalue weighted by Gasteiger charge is -2.10. The number of nitrogens with two attached hydrogens (primary N) is 1. The first kappa shape index (κ1) is 13.8. The van der Waals surface area contributed by atoms with E-state index < -0.39 is 5.82 Å². The molecule has 2 aromatic rings. The Hall–Kier alpha value is -1.66. The zero-order chi connectivity index (χ0) is 14.2. The minimum atomic E-state index is -0.531. The van der Waals surface area contributed by atoms with Gasteiger partial charge in [0.2, 0.25) is 0 Å². The molecule has 0 atom stereocenters. The number of nitrogens with zero attached hydrogens (tertiary/aromatic N) is 2. The first-order valence-electron chi connectivity index (χ1n) is 5.46. The van der Waals surface area contributed by atoms with Crippen molar-refractivity contribution in [2.45, 2.75) is 6.92 Å². The standard InChI is InChI=1S/C12H12ClFN4S/c1-6-9(11(15)19)12(18(2)17-6)16-8-5-3-4-7(13)10(8)14/h3-5,16H,1-2H3,(H2,15,19). The number of hydrogen-bond acceptors (Lipinski definition) is 3. The van der Waals surface area contributed by atoms with Crippen LogP contribution in [-0.4, -0.2) is 14.8 Å². The first-order valence-corrected chi connectivity index (χ1v) is 6.25. The van der Waals surface area contributed by atoms with E-state index in [0.717, 1.165) is 0 Å². The van der Waals surface area contributed by atoms with Crippen LogP contribution in [0.5, 0.6) is 0 Å². The van der Waals surface area contributed by atoms with Crippen LogP contribution in [0, 0.1) is 12.7 Å². The van der Waals surface area contributed by atoms with Crippen molar-refractivity contribution in [3.05, 3.63) is 40.3 Å². The molecule has 0 saturated carbocycles. The highest BCUT2D eigenvalue weighted by Crippen LogP contribution is 2.27. The van der Waals surface area contributed by atoms with E-state index >= 15 is 0 Å². The maximum Gasteiger partial charge on any atom is 0.165 e. The smallest absolute Gasteiger partial charge is 0.165 e. The minimum absolute atomic E-state index is 0.0424. The van der Waals surface area contributed by atoms with E-state index in [1.54, 1.807) is 30.8 Å². The lowest BCUT2D eigenvalue weighted by atomic mass is 10.2. The number of rotatable bonds is 3. The Morgan fingerprint density at radius 2 is 2.21 bits per heavy atom. The normalized spacial score (nSPS) is 10.5. The molecular weight excluding hydrogens is 287 g/mol. The van der Waals surface area contributed by atoms with Crippen molar-refractivity contribution in [2.24, 2.45) is 12.8 Å². The Morgan fingerprint density at radius 3 is 2.84 bits per heavy atom. The van der Waals surface area contributed by atoms with E-state index in [0.29, 0.717) is 17.1 Å². The average Bonchev–Trinajstić information content (AvgIpc) is 2.60. The van der Waals surface area contributed by atoms with Gasteiger partial charge in [0.25, 0.3) is 0 Å². The summed E-state index contributed by atoms with van der Waals surface area (Å²) < 4.78 is 15.4. The maximum atomic E-state index is 13.9. The fourth-order valence-corrected chi connectivity index (χ4v) is 2.24. The summed E-state index contributed by atoms with van der Waals surface area (Å²) in [5.74, 6) is 0.00285. The van der Waals surface area contributed by atoms with Gasteiger partial charge in [0.1, 0.15) is 10.8 Å². The predicted molar refractivity (Wildman–Crippen MR) is 78.5 cm³/mol. The summed E-state index contributed by atoms with van der Waals surface area (Å²) >= 11 is 10.7. The Morgan fingerprint density at radius 1 is 1.53 bits per heavy atom. The predicted octanol–water partition coefficient (Wildman–Crippen LogP) is 2.90. The van der Waals surface area contributed by atoms with Crippen LogP contribution in [0.25, 0.3) is 0 Å². The highest BCUT2D eigenvalue weighted by Gasteiger charge is 2.17. The molecule has 0 amide bonds. The molecule has 0 radical (unpaired) electrons. The van der Waals surface area contributed by atoms with Crippen LogP contribution in [0.3, 0.4) is 0 Å². The van der Waals surface area contributed by atoms with Crippen molar-refractivity contribution in [1.82, 2.24) is 9.78 Å². The molecule has 1 heterocycles. The van der Waals surface area contributed by atoms with Crippen molar-refractivity contribution in [1.29, 1.82) is 0 Å². The quantitative estimate of drug-likeness (QED) is 0.856. The Labute approximate surface area is 120 Å². The van der Waals surface area contributed by atoms with E-state index in [-0.39, 0.29) is 15.7 Å². The van der Waals surface area contributed by atoms with Crippen molar-refractivity contribution in [3.63, 3.8) is 0 Å². The monoisotopic (exact) mass is 298 g/mol. The van der Waals surface area contributed by atoms with Gasteiger partial charge >= 0.3 is 0 Å². The van der Waals surface area contributed by atoms with E-state index in [4.69, 9.17) is 29.6 Å². The minimum Gasteiger partial charge on any atom is -0.389 e. The third-order valence-electron chi connectivity index (χ3n) is 2.67. The molecule has 0 bridgehead atoms. The molecule has 0 fully saturated rings. The zero-order valence-electron chi connectivity index (χ0n) is 10.4. The Balaban J connectivity index is 2.49. The number of anilines is 2. The number of thiocarbonyl (C=S) groups is 1. The molecule has 4 nitrogen and oxygen atoms in total. The summed E-state index contributed by atoms with van der Waals surface area (Å²) in [7, 11) is 1.72. The van der Waals surface area contributed by atoms with E-state index in [9.17, 15) is 4.39 Å². The van der Waals surface area contributed by atoms with Gasteiger partial charge in [-0.2, -0.15) is 5.10 Å². The summed E-state index contributed by atoms with van der Waals surface area (Å²) in [4.78, 5) is 0.204. The summed E-state index contributed by atoms with van der Waals surface area (Å²) in [6, 6.07) is 4.70. The van der Waals surface area contributed by atoms with Gasteiger partial charge in [-0.3, -0.25) is 4.68 Å². The number of nitrogens with one attached hydrogen (secondary N) is 1. The Bertz CT molecular complexity index is 653. The van der Waals surface area contributed by atoms with Crippen LogP contribution >= 0.6 is 23.8 Å². The first-order chi connectivity index (χ1) is 8.91. The molecule has 0 unspecified atom stereocenters. The van der Waals surface area contributed by atoms with Crippen molar-refractivity contribution in [3.8, 4) is 0 Å². The van der Waals surface area contributed by atoms with Crippen LogP contribution in [0.15, 0.2) is 18.2 Å². The second-order valence-electron chi connectivity index (χ2n) is 4.02.